The summed E-state index contributed by atoms with van der Waals surface area (Å²) in [5, 5.41) is 0. The highest BCUT2D eigenvalue weighted by Gasteiger charge is 2.15. The minimum Gasteiger partial charge on any atom is -0.490 e. The summed E-state index contributed by atoms with van der Waals surface area (Å²) in [6.07, 6.45) is 7.03. The highest BCUT2D eigenvalue weighted by molar-refractivity contribution is 6.06. The molecule has 2 rings (SSSR count). The molecule has 0 amide bonds. The van der Waals surface area contributed by atoms with Crippen molar-refractivity contribution in [2.24, 2.45) is 0 Å². The van der Waals surface area contributed by atoms with Crippen LogP contribution in [0.15, 0.2) is 55.1 Å². The number of hydrogen-bond donors (Lipinski definition) is 0. The second-order valence-electron chi connectivity index (χ2n) is 7.91. The maximum Gasteiger partial charge on any atom is 0.185 e. The number of ketones is 1. The van der Waals surface area contributed by atoms with Crippen LogP contribution in [-0.2, 0) is 6.42 Å². The molecular weight excluding hydrogens is 388 g/mol. The summed E-state index contributed by atoms with van der Waals surface area (Å²) >= 11 is 0. The smallest absolute Gasteiger partial charge is 0.185 e. The first kappa shape index (κ1) is 24.3. The van der Waals surface area contributed by atoms with E-state index in [4.69, 9.17) is 14.2 Å². The molecule has 0 atom stereocenters. The van der Waals surface area contributed by atoms with Gasteiger partial charge in [0.05, 0.1) is 12.2 Å². The lowest BCUT2D eigenvalue weighted by atomic mass is 10.0. The summed E-state index contributed by atoms with van der Waals surface area (Å²) < 4.78 is 17.6. The zero-order chi connectivity index (χ0) is 22.8. The molecule has 0 N–H and O–H groups in total. The summed E-state index contributed by atoms with van der Waals surface area (Å²) in [6.45, 7) is 14.2. The molecule has 0 aliphatic heterocycles. The number of carbonyl (C=O) groups excluding carboxylic acids is 1. The predicted molar refractivity (Wildman–Crippen MR) is 127 cm³/mol. The van der Waals surface area contributed by atoms with E-state index >= 15 is 0 Å². The van der Waals surface area contributed by atoms with Crippen molar-refractivity contribution in [2.75, 3.05) is 6.61 Å². The molecule has 0 unspecified atom stereocenters. The molecule has 4 nitrogen and oxygen atoms in total. The van der Waals surface area contributed by atoms with E-state index in [0.29, 0.717) is 23.7 Å². The number of ether oxygens (including phenoxy) is 3. The van der Waals surface area contributed by atoms with Crippen molar-refractivity contribution < 1.29 is 19.0 Å². The number of benzene rings is 2. The second kappa shape index (κ2) is 12.0. The van der Waals surface area contributed by atoms with E-state index in [1.165, 1.54) is 0 Å². The molecule has 0 aromatic heterocycles. The van der Waals surface area contributed by atoms with E-state index in [2.05, 4.69) is 19.6 Å². The molecule has 4 heteroatoms. The highest BCUT2D eigenvalue weighted by Crippen LogP contribution is 2.36. The van der Waals surface area contributed by atoms with Gasteiger partial charge in [-0.2, -0.15) is 0 Å². The van der Waals surface area contributed by atoms with E-state index in [-0.39, 0.29) is 18.0 Å². The van der Waals surface area contributed by atoms with Gasteiger partial charge in [0, 0.05) is 5.56 Å². The molecule has 0 saturated heterocycles. The minimum atomic E-state index is -0.0684. The molecule has 0 aliphatic rings. The third-order valence-corrected chi connectivity index (χ3v) is 4.32. The molecule has 0 fully saturated rings. The lowest BCUT2D eigenvalue weighted by Crippen LogP contribution is -2.12. The Bertz CT molecular complexity index is 892. The average molecular weight is 423 g/mol. The molecule has 2 aromatic carbocycles. The molecule has 2 aromatic rings. The van der Waals surface area contributed by atoms with Gasteiger partial charge in [-0.05, 0) is 87.7 Å². The number of aryl methyl sites for hydroxylation is 1. The van der Waals surface area contributed by atoms with Gasteiger partial charge in [-0.1, -0.05) is 32.1 Å². The lowest BCUT2D eigenvalue weighted by molar-refractivity contribution is 0.104. The maximum absolute atomic E-state index is 12.6. The van der Waals surface area contributed by atoms with Crippen molar-refractivity contribution in [1.29, 1.82) is 0 Å². The van der Waals surface area contributed by atoms with Gasteiger partial charge in [-0.25, -0.2) is 0 Å². The van der Waals surface area contributed by atoms with Gasteiger partial charge in [0.2, 0.25) is 0 Å². The fourth-order valence-corrected chi connectivity index (χ4v) is 3.08. The van der Waals surface area contributed by atoms with E-state index < -0.39 is 0 Å². The highest BCUT2D eigenvalue weighted by atomic mass is 16.5. The van der Waals surface area contributed by atoms with Crippen LogP contribution >= 0.6 is 0 Å². The minimum absolute atomic E-state index is 0.0201. The van der Waals surface area contributed by atoms with Gasteiger partial charge in [0.1, 0.15) is 12.4 Å². The summed E-state index contributed by atoms with van der Waals surface area (Å²) in [4.78, 5) is 12.6. The number of allylic oxidation sites excluding steroid dienone is 1. The van der Waals surface area contributed by atoms with Crippen LogP contribution < -0.4 is 14.2 Å². The van der Waals surface area contributed by atoms with E-state index in [9.17, 15) is 4.79 Å². The maximum atomic E-state index is 12.6. The van der Waals surface area contributed by atoms with Crippen LogP contribution in [0.1, 0.15) is 62.5 Å². The third-order valence-electron chi connectivity index (χ3n) is 4.32. The first-order valence-electron chi connectivity index (χ1n) is 10.9. The molecule has 0 heterocycles. The van der Waals surface area contributed by atoms with Crippen LogP contribution in [0.3, 0.4) is 0 Å². The quantitative estimate of drug-likeness (QED) is 0.218. The Hall–Kier alpha value is -3.01. The molecule has 0 radical (unpaired) electrons. The molecule has 31 heavy (non-hydrogen) atoms. The van der Waals surface area contributed by atoms with Crippen molar-refractivity contribution in [2.45, 2.75) is 59.7 Å². The first-order valence-corrected chi connectivity index (χ1v) is 10.9. The Labute approximate surface area is 186 Å². The molecular formula is C27H34O4. The van der Waals surface area contributed by atoms with Gasteiger partial charge in [-0.15, -0.1) is 0 Å². The summed E-state index contributed by atoms with van der Waals surface area (Å²) in [5.41, 5.74) is 2.61. The average Bonchev–Trinajstić information content (AvgIpc) is 2.72. The zero-order valence-electron chi connectivity index (χ0n) is 19.3. The SMILES string of the molecule is C=CCOc1ccc(C(=O)/C=C/c2cc(CCC)c(OC(C)C)c(OC(C)C)c2)cc1. The van der Waals surface area contributed by atoms with Crippen LogP contribution in [0.25, 0.3) is 6.08 Å². The summed E-state index contributed by atoms with van der Waals surface area (Å²) in [5.74, 6) is 2.15. The van der Waals surface area contributed by atoms with Crippen LogP contribution in [0.5, 0.6) is 17.2 Å². The van der Waals surface area contributed by atoms with Crippen LogP contribution in [0, 0.1) is 0 Å². The van der Waals surface area contributed by atoms with Crippen LogP contribution in [0.2, 0.25) is 0 Å². The standard InChI is InChI=1S/C27H34O4/c1-7-9-23-17-21(18-26(30-19(3)4)27(23)31-20(5)6)10-15-25(28)22-11-13-24(14-12-22)29-16-8-2/h8,10-15,17-20H,2,7,9,16H2,1,3-6H3/b15-10+. The number of hydrogen-bond acceptors (Lipinski definition) is 4. The van der Waals surface area contributed by atoms with Gasteiger partial charge in [0.25, 0.3) is 0 Å². The van der Waals surface area contributed by atoms with E-state index in [1.54, 1.807) is 36.4 Å². The van der Waals surface area contributed by atoms with E-state index in [0.717, 1.165) is 29.7 Å². The molecule has 166 valence electrons. The Morgan fingerprint density at radius 1 is 1.03 bits per heavy atom. The summed E-state index contributed by atoms with van der Waals surface area (Å²) in [6, 6.07) is 11.1. The topological polar surface area (TPSA) is 44.8 Å². The Morgan fingerprint density at radius 2 is 1.71 bits per heavy atom. The van der Waals surface area contributed by atoms with Gasteiger partial charge < -0.3 is 14.2 Å². The number of carbonyl (C=O) groups is 1. The first-order chi connectivity index (χ1) is 14.8. The van der Waals surface area contributed by atoms with Crippen molar-refractivity contribution in [1.82, 2.24) is 0 Å². The van der Waals surface area contributed by atoms with Gasteiger partial charge in [-0.3, -0.25) is 4.79 Å². The lowest BCUT2D eigenvalue weighted by Gasteiger charge is -2.21. The molecule has 0 bridgehead atoms. The zero-order valence-corrected chi connectivity index (χ0v) is 19.3. The summed E-state index contributed by atoms with van der Waals surface area (Å²) in [7, 11) is 0. The van der Waals surface area contributed by atoms with Gasteiger partial charge >= 0.3 is 0 Å². The fraction of sp³-hybridized carbons (Fsp3) is 0.370. The molecule has 0 saturated carbocycles. The Balaban J connectivity index is 2.29. The van der Waals surface area contributed by atoms with E-state index in [1.807, 2.05) is 39.8 Å². The third kappa shape index (κ3) is 7.63. The molecule has 0 aliphatic carbocycles. The van der Waals surface area contributed by atoms with Crippen molar-refractivity contribution >= 4 is 11.9 Å². The Morgan fingerprint density at radius 3 is 2.29 bits per heavy atom. The molecule has 0 spiro atoms. The largest absolute Gasteiger partial charge is 0.490 e. The van der Waals surface area contributed by atoms with Crippen LogP contribution in [0.4, 0.5) is 0 Å². The van der Waals surface area contributed by atoms with Crippen molar-refractivity contribution in [3.63, 3.8) is 0 Å². The van der Waals surface area contributed by atoms with Crippen LogP contribution in [-0.4, -0.2) is 24.6 Å². The Kier molecular flexibility index (Phi) is 9.39. The van der Waals surface area contributed by atoms with Gasteiger partial charge in [0.15, 0.2) is 17.3 Å². The second-order valence-corrected chi connectivity index (χ2v) is 7.91. The normalized spacial score (nSPS) is 11.2. The fourth-order valence-electron chi connectivity index (χ4n) is 3.08. The number of rotatable bonds is 12. The monoisotopic (exact) mass is 422 g/mol. The van der Waals surface area contributed by atoms with Crippen molar-refractivity contribution in [3.8, 4) is 17.2 Å². The predicted octanol–water partition coefficient (Wildman–Crippen LogP) is 6.67. The van der Waals surface area contributed by atoms with Crippen molar-refractivity contribution in [3.05, 3.63) is 71.8 Å².